The molecule has 9 heteroatoms. The lowest BCUT2D eigenvalue weighted by molar-refractivity contribution is 0.111. The number of rotatable bonds is 6. The minimum atomic E-state index is -0.0885. The summed E-state index contributed by atoms with van der Waals surface area (Å²) in [5.41, 5.74) is 2.18. The molecule has 4 aromatic rings. The third-order valence-corrected chi connectivity index (χ3v) is 6.39. The van der Waals surface area contributed by atoms with Crippen LogP contribution in [-0.2, 0) is 6.42 Å². The number of hydrogen-bond acceptors (Lipinski definition) is 7. The van der Waals surface area contributed by atoms with Crippen molar-refractivity contribution in [1.29, 1.82) is 0 Å². The molecule has 33 heavy (non-hydrogen) atoms. The Morgan fingerprint density at radius 2 is 1.85 bits per heavy atom. The minimum Gasteiger partial charge on any atom is -0.472 e. The average Bonchev–Trinajstić information content (AvgIpc) is 3.35. The third-order valence-electron chi connectivity index (χ3n) is 5.86. The molecule has 1 aliphatic heterocycles. The zero-order valence-corrected chi connectivity index (χ0v) is 19.8. The highest BCUT2D eigenvalue weighted by molar-refractivity contribution is 9.10. The Hall–Kier alpha value is -3.33. The minimum absolute atomic E-state index is 0.00989. The summed E-state index contributed by atoms with van der Waals surface area (Å²) in [4.78, 5) is 24.4. The molecule has 2 atom stereocenters. The molecule has 1 aromatic carbocycles. The summed E-state index contributed by atoms with van der Waals surface area (Å²) in [6.45, 7) is 3.59. The van der Waals surface area contributed by atoms with Crippen LogP contribution in [0.25, 0.3) is 11.4 Å². The summed E-state index contributed by atoms with van der Waals surface area (Å²) >= 11 is 3.51. The summed E-state index contributed by atoms with van der Waals surface area (Å²) < 4.78 is 9.58. The Morgan fingerprint density at radius 3 is 2.58 bits per heavy atom. The number of halogens is 1. The fourth-order valence-electron chi connectivity index (χ4n) is 4.10. The molecular weight excluding hydrogens is 482 g/mol. The highest BCUT2D eigenvalue weighted by Gasteiger charge is 2.34. The molecule has 5 rings (SSSR count). The van der Waals surface area contributed by atoms with Crippen LogP contribution in [-0.4, -0.2) is 48.7 Å². The van der Waals surface area contributed by atoms with E-state index in [4.69, 9.17) is 4.74 Å². The largest absolute Gasteiger partial charge is 0.472 e. The number of ether oxygens (including phenoxy) is 1. The number of piperidine rings is 1. The van der Waals surface area contributed by atoms with Crippen molar-refractivity contribution in [1.82, 2.24) is 29.5 Å². The second-order valence-corrected chi connectivity index (χ2v) is 8.83. The molecule has 0 radical (unpaired) electrons. The Kier molecular flexibility index (Phi) is 6.30. The van der Waals surface area contributed by atoms with Crippen LogP contribution in [0.15, 0.2) is 72.1 Å². The first-order valence-electron chi connectivity index (χ1n) is 11.0. The van der Waals surface area contributed by atoms with Gasteiger partial charge in [-0.15, -0.1) is 0 Å². The van der Waals surface area contributed by atoms with Crippen molar-refractivity contribution < 1.29 is 4.74 Å². The Bertz CT molecular complexity index is 1180. The van der Waals surface area contributed by atoms with Crippen molar-refractivity contribution in [3.63, 3.8) is 0 Å². The van der Waals surface area contributed by atoms with Crippen molar-refractivity contribution in [3.05, 3.63) is 77.7 Å². The van der Waals surface area contributed by atoms with E-state index in [0.29, 0.717) is 12.4 Å². The number of anilines is 1. The maximum Gasteiger partial charge on any atom is 0.225 e. The predicted octanol–water partition coefficient (Wildman–Crippen LogP) is 4.35. The standard InChI is InChI=1S/C24H24BrN7O/c1-2-17-13-28-24(29-14-17)31-11-8-21(33-22-7-9-26-16-30-22)20(15-31)32-12-10-27-23(32)18-3-5-19(25)6-4-18/h3-7,9-10,12-14,16,20-21H,2,8,11,15H2,1H3. The van der Waals surface area contributed by atoms with Gasteiger partial charge in [-0.2, -0.15) is 0 Å². The average molecular weight is 506 g/mol. The van der Waals surface area contributed by atoms with E-state index in [0.717, 1.165) is 46.8 Å². The van der Waals surface area contributed by atoms with Crippen molar-refractivity contribution in [3.8, 4) is 17.3 Å². The molecule has 0 bridgehead atoms. The molecule has 8 nitrogen and oxygen atoms in total. The number of nitrogens with zero attached hydrogens (tertiary/aromatic N) is 7. The lowest BCUT2D eigenvalue weighted by atomic mass is 10.0. The number of benzene rings is 1. The lowest BCUT2D eigenvalue weighted by Crippen LogP contribution is -2.47. The first-order chi connectivity index (χ1) is 16.2. The molecule has 0 N–H and O–H groups in total. The maximum atomic E-state index is 6.35. The summed E-state index contributed by atoms with van der Waals surface area (Å²) in [5.74, 6) is 2.21. The molecule has 0 amide bonds. The molecule has 1 saturated heterocycles. The van der Waals surface area contributed by atoms with E-state index < -0.39 is 0 Å². The number of aryl methyl sites for hydroxylation is 1. The molecule has 168 valence electrons. The van der Waals surface area contributed by atoms with Crippen LogP contribution in [0.5, 0.6) is 5.88 Å². The molecule has 1 aliphatic rings. The molecular formula is C24H24BrN7O. The molecule has 0 spiro atoms. The molecule has 3 aromatic heterocycles. The Labute approximate surface area is 200 Å². The van der Waals surface area contributed by atoms with E-state index in [1.807, 2.05) is 36.9 Å². The maximum absolute atomic E-state index is 6.35. The number of aromatic nitrogens is 6. The SMILES string of the molecule is CCc1cnc(N2CCC(Oc3ccncn3)C(n3ccnc3-c3ccc(Br)cc3)C2)nc1. The number of hydrogen-bond donors (Lipinski definition) is 0. The summed E-state index contributed by atoms with van der Waals surface area (Å²) in [6, 6.07) is 9.97. The monoisotopic (exact) mass is 505 g/mol. The first-order valence-corrected chi connectivity index (χ1v) is 11.8. The van der Waals surface area contributed by atoms with Crippen molar-refractivity contribution in [2.75, 3.05) is 18.0 Å². The van der Waals surface area contributed by atoms with Gasteiger partial charge < -0.3 is 14.2 Å². The summed E-state index contributed by atoms with van der Waals surface area (Å²) in [5, 5.41) is 0. The fraction of sp³-hybridized carbons (Fsp3) is 0.292. The van der Waals surface area contributed by atoms with Gasteiger partial charge in [0, 0.05) is 66.6 Å². The zero-order chi connectivity index (χ0) is 22.6. The highest BCUT2D eigenvalue weighted by Crippen LogP contribution is 2.31. The van der Waals surface area contributed by atoms with E-state index >= 15 is 0 Å². The van der Waals surface area contributed by atoms with Gasteiger partial charge in [-0.25, -0.2) is 24.9 Å². The second kappa shape index (κ2) is 9.66. The van der Waals surface area contributed by atoms with Crippen LogP contribution in [0.3, 0.4) is 0 Å². The van der Waals surface area contributed by atoms with Crippen LogP contribution >= 0.6 is 15.9 Å². The van der Waals surface area contributed by atoms with Crippen LogP contribution in [0.4, 0.5) is 5.95 Å². The van der Waals surface area contributed by atoms with E-state index in [-0.39, 0.29) is 12.1 Å². The molecule has 0 saturated carbocycles. The molecule has 1 fully saturated rings. The van der Waals surface area contributed by atoms with E-state index in [2.05, 4.69) is 69.4 Å². The van der Waals surface area contributed by atoms with Gasteiger partial charge >= 0.3 is 0 Å². The van der Waals surface area contributed by atoms with Crippen molar-refractivity contribution in [2.45, 2.75) is 31.9 Å². The van der Waals surface area contributed by atoms with Crippen molar-refractivity contribution >= 4 is 21.9 Å². The van der Waals surface area contributed by atoms with Gasteiger partial charge in [0.15, 0.2) is 0 Å². The Balaban J connectivity index is 1.48. The van der Waals surface area contributed by atoms with Crippen LogP contribution in [0.2, 0.25) is 0 Å². The quantitative estimate of drug-likeness (QED) is 0.385. The molecule has 0 aliphatic carbocycles. The van der Waals surface area contributed by atoms with Gasteiger partial charge in [0.1, 0.15) is 18.3 Å². The molecule has 2 unspecified atom stereocenters. The van der Waals surface area contributed by atoms with Gasteiger partial charge in [0.25, 0.3) is 0 Å². The predicted molar refractivity (Wildman–Crippen MR) is 129 cm³/mol. The van der Waals surface area contributed by atoms with Gasteiger partial charge in [-0.1, -0.05) is 35.0 Å². The highest BCUT2D eigenvalue weighted by atomic mass is 79.9. The van der Waals surface area contributed by atoms with Gasteiger partial charge in [-0.3, -0.25) is 0 Å². The van der Waals surface area contributed by atoms with E-state index in [9.17, 15) is 0 Å². The van der Waals surface area contributed by atoms with Crippen LogP contribution in [0.1, 0.15) is 24.9 Å². The van der Waals surface area contributed by atoms with Crippen molar-refractivity contribution in [2.24, 2.45) is 0 Å². The topological polar surface area (TPSA) is 81.9 Å². The fourth-order valence-corrected chi connectivity index (χ4v) is 4.36. The molecule has 4 heterocycles. The van der Waals surface area contributed by atoms with Crippen LogP contribution in [0, 0.1) is 0 Å². The normalized spacial score (nSPS) is 18.3. The zero-order valence-electron chi connectivity index (χ0n) is 18.3. The van der Waals surface area contributed by atoms with Gasteiger partial charge in [0.05, 0.1) is 6.04 Å². The van der Waals surface area contributed by atoms with Gasteiger partial charge in [-0.05, 0) is 24.1 Å². The Morgan fingerprint density at radius 1 is 1.03 bits per heavy atom. The summed E-state index contributed by atoms with van der Waals surface area (Å²) in [6.07, 6.45) is 12.5. The van der Waals surface area contributed by atoms with E-state index in [1.54, 1.807) is 12.3 Å². The summed E-state index contributed by atoms with van der Waals surface area (Å²) in [7, 11) is 0. The van der Waals surface area contributed by atoms with Crippen LogP contribution < -0.4 is 9.64 Å². The van der Waals surface area contributed by atoms with Gasteiger partial charge in [0.2, 0.25) is 11.8 Å². The van der Waals surface area contributed by atoms with E-state index in [1.165, 1.54) is 6.33 Å². The third kappa shape index (κ3) is 4.73. The second-order valence-electron chi connectivity index (χ2n) is 7.92. The smallest absolute Gasteiger partial charge is 0.225 e. The number of imidazole rings is 1. The lowest BCUT2D eigenvalue weighted by Gasteiger charge is -2.39. The first kappa shape index (κ1) is 21.5.